The van der Waals surface area contributed by atoms with E-state index in [0.717, 1.165) is 5.56 Å². The van der Waals surface area contributed by atoms with Crippen LogP contribution in [0.15, 0.2) is 60.7 Å². The van der Waals surface area contributed by atoms with E-state index in [0.29, 0.717) is 5.56 Å². The number of hydrogen-bond donors (Lipinski definition) is 0. The van der Waals surface area contributed by atoms with Gasteiger partial charge in [-0.1, -0.05) is 67.6 Å². The third-order valence-corrected chi connectivity index (χ3v) is 4.97. The van der Waals surface area contributed by atoms with E-state index in [2.05, 4.69) is 0 Å². The lowest BCUT2D eigenvalue weighted by atomic mass is 9.73. The highest BCUT2D eigenvalue weighted by atomic mass is 16.7. The number of ether oxygens (including phenoxy) is 2. The molecule has 0 saturated carbocycles. The molecule has 5 nitrogen and oxygen atoms in total. The Morgan fingerprint density at radius 2 is 1.39 bits per heavy atom. The van der Waals surface area contributed by atoms with Gasteiger partial charge < -0.3 is 9.47 Å². The maximum atomic E-state index is 13.0. The highest BCUT2D eigenvalue weighted by molar-refractivity contribution is 6.04. The molecule has 146 valence electrons. The molecule has 1 saturated heterocycles. The zero-order valence-corrected chi connectivity index (χ0v) is 16.3. The number of cyclic esters (lactones) is 2. The first-order chi connectivity index (χ1) is 13.2. The summed E-state index contributed by atoms with van der Waals surface area (Å²) in [5, 5.41) is 0. The summed E-state index contributed by atoms with van der Waals surface area (Å²) in [6.45, 7) is 4.77. The van der Waals surface area contributed by atoms with Gasteiger partial charge in [-0.2, -0.15) is 0 Å². The zero-order chi connectivity index (χ0) is 20.4. The summed E-state index contributed by atoms with van der Waals surface area (Å²) in [6, 6.07) is 18.1. The quantitative estimate of drug-likeness (QED) is 0.431. The first-order valence-electron chi connectivity index (χ1n) is 9.34. The van der Waals surface area contributed by atoms with E-state index in [1.165, 1.54) is 13.8 Å². The van der Waals surface area contributed by atoms with Crippen LogP contribution in [0.4, 0.5) is 0 Å². The summed E-state index contributed by atoms with van der Waals surface area (Å²) >= 11 is 0. The number of hydrogen-bond acceptors (Lipinski definition) is 5. The minimum Gasteiger partial charge on any atom is -0.422 e. The van der Waals surface area contributed by atoms with E-state index in [4.69, 9.17) is 9.47 Å². The Morgan fingerprint density at radius 1 is 0.893 bits per heavy atom. The van der Waals surface area contributed by atoms with Gasteiger partial charge in [-0.15, -0.1) is 0 Å². The van der Waals surface area contributed by atoms with Crippen molar-refractivity contribution in [1.82, 2.24) is 0 Å². The molecule has 0 amide bonds. The molecular weight excluding hydrogens is 356 g/mol. The Morgan fingerprint density at radius 3 is 1.93 bits per heavy atom. The molecule has 0 aliphatic carbocycles. The van der Waals surface area contributed by atoms with Gasteiger partial charge in [-0.3, -0.25) is 14.4 Å². The molecule has 0 bridgehead atoms. The van der Waals surface area contributed by atoms with Crippen LogP contribution in [0.2, 0.25) is 0 Å². The third-order valence-electron chi connectivity index (χ3n) is 4.97. The van der Waals surface area contributed by atoms with Crippen molar-refractivity contribution in [3.63, 3.8) is 0 Å². The number of benzene rings is 2. The minimum atomic E-state index is -1.55. The first-order valence-corrected chi connectivity index (χ1v) is 9.34. The lowest BCUT2D eigenvalue weighted by Gasteiger charge is -2.41. The topological polar surface area (TPSA) is 69.7 Å². The van der Waals surface area contributed by atoms with Crippen molar-refractivity contribution in [2.24, 2.45) is 11.3 Å². The summed E-state index contributed by atoms with van der Waals surface area (Å²) in [4.78, 5) is 38.9. The van der Waals surface area contributed by atoms with Gasteiger partial charge >= 0.3 is 11.9 Å². The van der Waals surface area contributed by atoms with Crippen molar-refractivity contribution in [2.45, 2.75) is 39.4 Å². The van der Waals surface area contributed by atoms with Crippen molar-refractivity contribution in [3.05, 3.63) is 71.8 Å². The summed E-state index contributed by atoms with van der Waals surface area (Å²) in [7, 11) is 0. The summed E-state index contributed by atoms with van der Waals surface area (Å²) < 4.78 is 10.9. The van der Waals surface area contributed by atoms with Crippen molar-refractivity contribution in [2.75, 3.05) is 0 Å². The SMILES string of the molecule is C[C@@H](CC1(Cc2ccccc2)C(=O)OC(C)(C)OC1=O)C(=O)c1ccccc1. The molecule has 0 radical (unpaired) electrons. The van der Waals surface area contributed by atoms with Gasteiger partial charge in [-0.25, -0.2) is 0 Å². The number of carbonyl (C=O) groups excluding carboxylic acids is 3. The van der Waals surface area contributed by atoms with Crippen molar-refractivity contribution in [1.29, 1.82) is 0 Å². The normalized spacial score (nSPS) is 18.7. The lowest BCUT2D eigenvalue weighted by molar-refractivity contribution is -0.252. The van der Waals surface area contributed by atoms with E-state index in [1.54, 1.807) is 31.2 Å². The second kappa shape index (κ2) is 7.58. The highest BCUT2D eigenvalue weighted by Gasteiger charge is 2.57. The Hall–Kier alpha value is -2.95. The standard InChI is InChI=1S/C23H24O5/c1-16(19(24)18-12-8-5-9-13-18)14-23(15-17-10-6-4-7-11-17)20(25)27-22(2,3)28-21(23)26/h4-13,16H,14-15H2,1-3H3/t16-/m0/s1. The van der Waals surface area contributed by atoms with E-state index in [1.807, 2.05) is 36.4 Å². The zero-order valence-electron chi connectivity index (χ0n) is 16.3. The Bertz CT molecular complexity index is 850. The van der Waals surface area contributed by atoms with Crippen molar-refractivity contribution >= 4 is 17.7 Å². The Kier molecular flexibility index (Phi) is 5.36. The van der Waals surface area contributed by atoms with Crippen LogP contribution >= 0.6 is 0 Å². The van der Waals surface area contributed by atoms with Crippen LogP contribution in [0.3, 0.4) is 0 Å². The molecule has 1 heterocycles. The smallest absolute Gasteiger partial charge is 0.327 e. The van der Waals surface area contributed by atoms with Gasteiger partial charge in [0.2, 0.25) is 0 Å². The first kappa shape index (κ1) is 19.8. The van der Waals surface area contributed by atoms with E-state index < -0.39 is 29.1 Å². The molecule has 5 heteroatoms. The van der Waals surface area contributed by atoms with Gasteiger partial charge in [0.15, 0.2) is 11.2 Å². The second-order valence-corrected chi connectivity index (χ2v) is 7.76. The van der Waals surface area contributed by atoms with Crippen LogP contribution in [0.5, 0.6) is 0 Å². The number of Topliss-reactive ketones (excluding diaryl/α,β-unsaturated/α-hetero) is 1. The molecule has 28 heavy (non-hydrogen) atoms. The fourth-order valence-electron chi connectivity index (χ4n) is 3.58. The number of ketones is 1. The fraction of sp³-hybridized carbons (Fsp3) is 0.348. The van der Waals surface area contributed by atoms with Crippen LogP contribution in [0.25, 0.3) is 0 Å². The van der Waals surface area contributed by atoms with Gasteiger partial charge in [0, 0.05) is 25.3 Å². The maximum Gasteiger partial charge on any atom is 0.327 e. The predicted molar refractivity (Wildman–Crippen MR) is 103 cm³/mol. The second-order valence-electron chi connectivity index (χ2n) is 7.76. The van der Waals surface area contributed by atoms with Crippen LogP contribution in [0.1, 0.15) is 43.1 Å². The van der Waals surface area contributed by atoms with Gasteiger partial charge in [0.1, 0.15) is 0 Å². The summed E-state index contributed by atoms with van der Waals surface area (Å²) in [5.41, 5.74) is -0.209. The van der Waals surface area contributed by atoms with Gasteiger partial charge in [-0.05, 0) is 18.4 Å². The number of rotatable bonds is 6. The average Bonchev–Trinajstić information content (AvgIpc) is 2.66. The number of carbonyl (C=O) groups is 3. The predicted octanol–water partition coefficient (Wildman–Crippen LogP) is 3.96. The highest BCUT2D eigenvalue weighted by Crippen LogP contribution is 2.41. The molecule has 0 spiro atoms. The van der Waals surface area contributed by atoms with Crippen LogP contribution < -0.4 is 0 Å². The Balaban J connectivity index is 1.94. The van der Waals surface area contributed by atoms with Gasteiger partial charge in [0.25, 0.3) is 5.79 Å². The maximum absolute atomic E-state index is 13.0. The van der Waals surface area contributed by atoms with Gasteiger partial charge in [0.05, 0.1) is 0 Å². The molecule has 0 N–H and O–H groups in total. The molecule has 1 atom stereocenters. The molecule has 3 rings (SSSR count). The average molecular weight is 380 g/mol. The molecule has 1 fully saturated rings. The third kappa shape index (κ3) is 3.98. The monoisotopic (exact) mass is 380 g/mol. The number of esters is 2. The summed E-state index contributed by atoms with van der Waals surface area (Å²) in [5.74, 6) is -3.30. The van der Waals surface area contributed by atoms with E-state index in [9.17, 15) is 14.4 Å². The fourth-order valence-corrected chi connectivity index (χ4v) is 3.58. The Labute approximate surface area is 164 Å². The molecule has 2 aromatic carbocycles. The summed E-state index contributed by atoms with van der Waals surface area (Å²) in [6.07, 6.45) is 0.136. The van der Waals surface area contributed by atoms with Crippen molar-refractivity contribution in [3.8, 4) is 0 Å². The van der Waals surface area contributed by atoms with Crippen LogP contribution in [-0.4, -0.2) is 23.5 Å². The molecule has 0 aromatic heterocycles. The van der Waals surface area contributed by atoms with Crippen LogP contribution in [-0.2, 0) is 25.5 Å². The molecule has 0 unspecified atom stereocenters. The molecule has 1 aliphatic heterocycles. The lowest BCUT2D eigenvalue weighted by Crippen LogP contribution is -2.55. The van der Waals surface area contributed by atoms with E-state index >= 15 is 0 Å². The van der Waals surface area contributed by atoms with E-state index in [-0.39, 0.29) is 18.6 Å². The molecular formula is C23H24O5. The van der Waals surface area contributed by atoms with Crippen molar-refractivity contribution < 1.29 is 23.9 Å². The molecule has 1 aliphatic rings. The minimum absolute atomic E-state index is 0.0172. The molecule has 2 aromatic rings. The van der Waals surface area contributed by atoms with Crippen LogP contribution in [0, 0.1) is 11.3 Å². The largest absolute Gasteiger partial charge is 0.422 e.